The van der Waals surface area contributed by atoms with E-state index in [0.717, 1.165) is 5.33 Å². The van der Waals surface area contributed by atoms with E-state index in [1.54, 1.807) is 0 Å². The predicted octanol–water partition coefficient (Wildman–Crippen LogP) is 3.91. The fraction of sp³-hybridized carbons (Fsp3) is 0.778. The molecule has 0 N–H and O–H groups in total. The quantitative estimate of drug-likeness (QED) is 0.350. The summed E-state index contributed by atoms with van der Waals surface area (Å²) in [5, 5.41) is 1.09. The Morgan fingerprint density at radius 2 is 1.80 bits per heavy atom. The van der Waals surface area contributed by atoms with E-state index in [2.05, 4.69) is 35.0 Å². The van der Waals surface area contributed by atoms with Gasteiger partial charge in [-0.05, 0) is 19.3 Å². The van der Waals surface area contributed by atoms with Gasteiger partial charge in [-0.3, -0.25) is 0 Å². The molecule has 0 fully saturated rings. The summed E-state index contributed by atoms with van der Waals surface area (Å²) >= 11 is 3.38. The summed E-state index contributed by atoms with van der Waals surface area (Å²) in [7, 11) is 0. The predicted molar refractivity (Wildman–Crippen MR) is 51.7 cm³/mol. The van der Waals surface area contributed by atoms with Gasteiger partial charge in [-0.1, -0.05) is 47.8 Å². The third-order valence-electron chi connectivity index (χ3n) is 1.42. The molecule has 0 radical (unpaired) electrons. The maximum absolute atomic E-state index is 3.38. The zero-order chi connectivity index (χ0) is 7.66. The van der Waals surface area contributed by atoms with Gasteiger partial charge in [0.1, 0.15) is 0 Å². The highest BCUT2D eigenvalue weighted by Crippen LogP contribution is 2.00. The molecule has 1 heteroatoms. The van der Waals surface area contributed by atoms with Gasteiger partial charge in [-0.2, -0.15) is 0 Å². The largest absolute Gasteiger partial charge is 0.0925 e. The van der Waals surface area contributed by atoms with Crippen LogP contribution in [0.25, 0.3) is 0 Å². The SMILES string of the molecule is CCCCC/C=C/CCBr. The van der Waals surface area contributed by atoms with Crippen LogP contribution in [0.15, 0.2) is 12.2 Å². The van der Waals surface area contributed by atoms with Crippen molar-refractivity contribution < 1.29 is 0 Å². The Morgan fingerprint density at radius 1 is 1.10 bits per heavy atom. The molecular weight excluding hydrogens is 188 g/mol. The molecule has 0 atom stereocenters. The molecule has 0 aliphatic rings. The molecule has 0 saturated carbocycles. The zero-order valence-corrected chi connectivity index (χ0v) is 8.36. The topological polar surface area (TPSA) is 0 Å². The Kier molecular flexibility index (Phi) is 9.42. The fourth-order valence-corrected chi connectivity index (χ4v) is 1.08. The van der Waals surface area contributed by atoms with E-state index < -0.39 is 0 Å². The fourth-order valence-electron chi connectivity index (χ4n) is 0.811. The molecule has 0 nitrogen and oxygen atoms in total. The summed E-state index contributed by atoms with van der Waals surface area (Å²) in [4.78, 5) is 0. The number of rotatable bonds is 6. The molecule has 10 heavy (non-hydrogen) atoms. The third kappa shape index (κ3) is 8.22. The first-order chi connectivity index (χ1) is 4.91. The number of hydrogen-bond acceptors (Lipinski definition) is 0. The molecule has 0 bridgehead atoms. The molecule has 0 spiro atoms. The molecule has 60 valence electrons. The Balaban J connectivity index is 2.88. The van der Waals surface area contributed by atoms with Gasteiger partial charge in [0.25, 0.3) is 0 Å². The van der Waals surface area contributed by atoms with Crippen molar-refractivity contribution in [3.05, 3.63) is 12.2 Å². The normalized spacial score (nSPS) is 11.0. The summed E-state index contributed by atoms with van der Waals surface area (Å²) in [6.45, 7) is 2.24. The Hall–Kier alpha value is 0.220. The summed E-state index contributed by atoms with van der Waals surface area (Å²) in [6.07, 6.45) is 11.0. The molecule has 0 heterocycles. The highest BCUT2D eigenvalue weighted by atomic mass is 79.9. The van der Waals surface area contributed by atoms with Crippen LogP contribution >= 0.6 is 15.9 Å². The summed E-state index contributed by atoms with van der Waals surface area (Å²) in [5.41, 5.74) is 0. The second kappa shape index (κ2) is 9.22. The van der Waals surface area contributed by atoms with E-state index in [-0.39, 0.29) is 0 Å². The average molecular weight is 205 g/mol. The van der Waals surface area contributed by atoms with Crippen molar-refractivity contribution in [1.82, 2.24) is 0 Å². The maximum Gasteiger partial charge on any atom is 0.00659 e. The van der Waals surface area contributed by atoms with Crippen LogP contribution in [0.2, 0.25) is 0 Å². The lowest BCUT2D eigenvalue weighted by molar-refractivity contribution is 0.728. The van der Waals surface area contributed by atoms with Gasteiger partial charge in [-0.25, -0.2) is 0 Å². The Labute approximate surface area is 72.8 Å². The maximum atomic E-state index is 3.38. The molecule has 0 saturated heterocycles. The first-order valence-corrected chi connectivity index (χ1v) is 5.25. The molecule has 0 aliphatic heterocycles. The van der Waals surface area contributed by atoms with Crippen LogP contribution in [0, 0.1) is 0 Å². The lowest BCUT2D eigenvalue weighted by atomic mass is 10.2. The van der Waals surface area contributed by atoms with Crippen LogP contribution in [0.5, 0.6) is 0 Å². The highest BCUT2D eigenvalue weighted by Gasteiger charge is 1.80. The standard InChI is InChI=1S/C9H17Br/c1-2-3-4-5-6-7-8-9-10/h6-7H,2-5,8-9H2,1H3/b7-6+. The van der Waals surface area contributed by atoms with Crippen molar-refractivity contribution >= 4 is 15.9 Å². The molecule has 0 aromatic heterocycles. The smallest absolute Gasteiger partial charge is 0.00659 e. The van der Waals surface area contributed by atoms with Gasteiger partial charge < -0.3 is 0 Å². The average Bonchev–Trinajstić information content (AvgIpc) is 1.97. The van der Waals surface area contributed by atoms with Crippen molar-refractivity contribution in [2.24, 2.45) is 0 Å². The van der Waals surface area contributed by atoms with E-state index >= 15 is 0 Å². The van der Waals surface area contributed by atoms with Crippen LogP contribution in [0.3, 0.4) is 0 Å². The summed E-state index contributed by atoms with van der Waals surface area (Å²) < 4.78 is 0. The number of alkyl halides is 1. The van der Waals surface area contributed by atoms with Crippen LogP contribution in [-0.2, 0) is 0 Å². The zero-order valence-electron chi connectivity index (χ0n) is 6.78. The van der Waals surface area contributed by atoms with Crippen molar-refractivity contribution in [3.63, 3.8) is 0 Å². The van der Waals surface area contributed by atoms with Crippen LogP contribution in [0.1, 0.15) is 39.0 Å². The third-order valence-corrected chi connectivity index (χ3v) is 1.87. The van der Waals surface area contributed by atoms with Crippen LogP contribution in [-0.4, -0.2) is 5.33 Å². The molecule has 0 unspecified atom stereocenters. The molecule has 0 aliphatic carbocycles. The van der Waals surface area contributed by atoms with E-state index in [9.17, 15) is 0 Å². The second-order valence-electron chi connectivity index (χ2n) is 2.44. The van der Waals surface area contributed by atoms with Crippen molar-refractivity contribution in [3.8, 4) is 0 Å². The lowest BCUT2D eigenvalue weighted by Crippen LogP contribution is -1.71. The van der Waals surface area contributed by atoms with Crippen LogP contribution in [0.4, 0.5) is 0 Å². The first kappa shape index (κ1) is 10.2. The van der Waals surface area contributed by atoms with Crippen LogP contribution < -0.4 is 0 Å². The lowest BCUT2D eigenvalue weighted by Gasteiger charge is -1.90. The van der Waals surface area contributed by atoms with Gasteiger partial charge in [0, 0.05) is 5.33 Å². The monoisotopic (exact) mass is 204 g/mol. The van der Waals surface area contributed by atoms with E-state index in [1.165, 1.54) is 32.1 Å². The second-order valence-corrected chi connectivity index (χ2v) is 3.24. The Morgan fingerprint density at radius 3 is 2.40 bits per heavy atom. The van der Waals surface area contributed by atoms with Crippen molar-refractivity contribution in [2.45, 2.75) is 39.0 Å². The van der Waals surface area contributed by atoms with E-state index in [0.29, 0.717) is 0 Å². The highest BCUT2D eigenvalue weighted by molar-refractivity contribution is 9.09. The molecule has 0 aromatic rings. The molecule has 0 amide bonds. The molecule has 0 aromatic carbocycles. The van der Waals surface area contributed by atoms with E-state index in [4.69, 9.17) is 0 Å². The molecule has 0 rings (SSSR count). The summed E-state index contributed by atoms with van der Waals surface area (Å²) in [6, 6.07) is 0. The van der Waals surface area contributed by atoms with Gasteiger partial charge in [0.2, 0.25) is 0 Å². The number of allylic oxidation sites excluding steroid dienone is 2. The number of unbranched alkanes of at least 4 members (excludes halogenated alkanes) is 3. The minimum atomic E-state index is 1.09. The van der Waals surface area contributed by atoms with E-state index in [1.807, 2.05) is 0 Å². The van der Waals surface area contributed by atoms with Crippen molar-refractivity contribution in [1.29, 1.82) is 0 Å². The minimum Gasteiger partial charge on any atom is -0.0925 e. The van der Waals surface area contributed by atoms with Gasteiger partial charge in [-0.15, -0.1) is 0 Å². The van der Waals surface area contributed by atoms with Gasteiger partial charge >= 0.3 is 0 Å². The molecular formula is C9H17Br. The minimum absolute atomic E-state index is 1.09. The number of hydrogen-bond donors (Lipinski definition) is 0. The van der Waals surface area contributed by atoms with Gasteiger partial charge in [0.15, 0.2) is 0 Å². The first-order valence-electron chi connectivity index (χ1n) is 4.12. The summed E-state index contributed by atoms with van der Waals surface area (Å²) in [5.74, 6) is 0. The van der Waals surface area contributed by atoms with Gasteiger partial charge in [0.05, 0.1) is 0 Å². The van der Waals surface area contributed by atoms with Crippen molar-refractivity contribution in [2.75, 3.05) is 5.33 Å². The Bertz CT molecular complexity index is 76.8. The number of halogens is 1.